The monoisotopic (exact) mass is 596 g/mol. The Balaban J connectivity index is 1.62. The number of fused-ring (bicyclic) bond motifs is 1. The molecule has 0 unspecified atom stereocenters. The number of carbonyl (C=O) groups excluding carboxylic acids is 1. The third kappa shape index (κ3) is 6.69. The SMILES string of the molecule is CCOc1ccc(C(=O)Oc2ccc3c(=O)c(Oc4ccc(C)c(C)c4)c(C(F)(F)F)oc3c2C[NH+]2CCCCC2)cc1. The molecule has 43 heavy (non-hydrogen) atoms. The highest BCUT2D eigenvalue weighted by atomic mass is 19.4. The van der Waals surface area contributed by atoms with Crippen molar-refractivity contribution in [1.29, 1.82) is 0 Å². The molecule has 0 atom stereocenters. The van der Waals surface area contributed by atoms with Gasteiger partial charge in [0, 0.05) is 0 Å². The van der Waals surface area contributed by atoms with Crippen LogP contribution in [0, 0.1) is 13.8 Å². The first kappa shape index (κ1) is 30.2. The Labute approximate surface area is 246 Å². The van der Waals surface area contributed by atoms with Crippen molar-refractivity contribution >= 4 is 16.9 Å². The summed E-state index contributed by atoms with van der Waals surface area (Å²) < 4.78 is 65.4. The molecule has 2 heterocycles. The van der Waals surface area contributed by atoms with E-state index in [4.69, 9.17) is 18.6 Å². The van der Waals surface area contributed by atoms with Crippen molar-refractivity contribution < 1.29 is 41.5 Å². The largest absolute Gasteiger partial charge is 0.494 e. The lowest BCUT2D eigenvalue weighted by Gasteiger charge is -2.25. The van der Waals surface area contributed by atoms with Crippen molar-refractivity contribution in [2.24, 2.45) is 0 Å². The second-order valence-corrected chi connectivity index (χ2v) is 10.7. The van der Waals surface area contributed by atoms with Gasteiger partial charge >= 0.3 is 12.1 Å². The van der Waals surface area contributed by atoms with Crippen molar-refractivity contribution in [3.63, 3.8) is 0 Å². The van der Waals surface area contributed by atoms with Gasteiger partial charge in [0.15, 0.2) is 5.58 Å². The van der Waals surface area contributed by atoms with Crippen LogP contribution in [0.5, 0.6) is 23.0 Å². The summed E-state index contributed by atoms with van der Waals surface area (Å²) in [6, 6.07) is 13.8. The molecule has 7 nitrogen and oxygen atoms in total. The number of nitrogens with one attached hydrogen (secondary N) is 1. The third-order valence-corrected chi connectivity index (χ3v) is 7.63. The second-order valence-electron chi connectivity index (χ2n) is 10.7. The maximum Gasteiger partial charge on any atom is 0.453 e. The number of esters is 1. The van der Waals surface area contributed by atoms with Crippen molar-refractivity contribution in [3.8, 4) is 23.0 Å². The Hall–Kier alpha value is -4.31. The fourth-order valence-corrected chi connectivity index (χ4v) is 5.21. The molecule has 1 saturated heterocycles. The topological polar surface area (TPSA) is 79.4 Å². The second kappa shape index (κ2) is 12.5. The Morgan fingerprint density at radius 1 is 0.930 bits per heavy atom. The van der Waals surface area contributed by atoms with E-state index < -0.39 is 29.1 Å². The predicted octanol–water partition coefficient (Wildman–Crippen LogP) is 6.41. The fourth-order valence-electron chi connectivity index (χ4n) is 5.21. The van der Waals surface area contributed by atoms with Crippen molar-refractivity contribution in [2.45, 2.75) is 52.8 Å². The summed E-state index contributed by atoms with van der Waals surface area (Å²) in [6.45, 7) is 7.74. The number of likely N-dealkylation sites (tertiary alicyclic amines) is 1. The number of carbonyl (C=O) groups is 1. The number of benzene rings is 3. The normalized spacial score (nSPS) is 14.1. The van der Waals surface area contributed by atoms with Gasteiger partial charge in [-0.3, -0.25) is 4.79 Å². The summed E-state index contributed by atoms with van der Waals surface area (Å²) in [7, 11) is 0. The van der Waals surface area contributed by atoms with Crippen LogP contribution in [0.2, 0.25) is 0 Å². The van der Waals surface area contributed by atoms with Gasteiger partial charge in [0.05, 0.1) is 36.2 Å². The van der Waals surface area contributed by atoms with E-state index in [1.165, 1.54) is 18.2 Å². The third-order valence-electron chi connectivity index (χ3n) is 7.63. The molecule has 1 N–H and O–H groups in total. The maximum absolute atomic E-state index is 14.4. The van der Waals surface area contributed by atoms with Crippen LogP contribution in [-0.4, -0.2) is 25.7 Å². The average Bonchev–Trinajstić information content (AvgIpc) is 2.98. The van der Waals surface area contributed by atoms with Crippen molar-refractivity contribution in [3.05, 3.63) is 92.8 Å². The molecule has 0 spiro atoms. The molecule has 5 rings (SSSR count). The standard InChI is InChI=1S/C33H32F3NO6/c1-4-40-23-12-9-22(10-13-23)32(39)42-27-15-14-25-28(38)30(41-24-11-8-20(2)21(3)18-24)31(33(34,35)36)43-29(25)26(27)19-37-16-6-5-7-17-37/h8-15,18H,4-7,16-17,19H2,1-3H3/p+1. The van der Waals surface area contributed by atoms with Gasteiger partial charge in [0.2, 0.25) is 11.2 Å². The lowest BCUT2D eigenvalue weighted by Crippen LogP contribution is -3.11. The minimum atomic E-state index is -5.04. The molecule has 1 aliphatic heterocycles. The summed E-state index contributed by atoms with van der Waals surface area (Å²) in [5, 5.41) is -0.0980. The predicted molar refractivity (Wildman–Crippen MR) is 154 cm³/mol. The van der Waals surface area contributed by atoms with E-state index in [1.54, 1.807) is 43.3 Å². The molecule has 3 aromatic carbocycles. The molecule has 0 bridgehead atoms. The van der Waals surface area contributed by atoms with E-state index >= 15 is 0 Å². The number of ether oxygens (including phenoxy) is 3. The maximum atomic E-state index is 14.4. The summed E-state index contributed by atoms with van der Waals surface area (Å²) in [5.74, 6) is -2.50. The van der Waals surface area contributed by atoms with Gasteiger partial charge < -0.3 is 23.5 Å². The van der Waals surface area contributed by atoms with Crippen LogP contribution >= 0.6 is 0 Å². The van der Waals surface area contributed by atoms with E-state index in [1.807, 2.05) is 13.8 Å². The first-order chi connectivity index (χ1) is 20.5. The van der Waals surface area contributed by atoms with Crippen molar-refractivity contribution in [1.82, 2.24) is 0 Å². The van der Waals surface area contributed by atoms with E-state index in [0.717, 1.165) is 48.4 Å². The zero-order chi connectivity index (χ0) is 30.7. The van der Waals surface area contributed by atoms with E-state index in [0.29, 0.717) is 12.4 Å². The Morgan fingerprint density at radius 3 is 2.28 bits per heavy atom. The van der Waals surface area contributed by atoms with Gasteiger partial charge in [0.25, 0.3) is 5.76 Å². The molecule has 10 heteroatoms. The van der Waals surface area contributed by atoms with Gasteiger partial charge in [-0.1, -0.05) is 6.07 Å². The number of alkyl halides is 3. The molecule has 1 aromatic heterocycles. The van der Waals surface area contributed by atoms with E-state index in [-0.39, 0.29) is 40.1 Å². The zero-order valence-electron chi connectivity index (χ0n) is 24.2. The molecule has 0 saturated carbocycles. The molecule has 0 amide bonds. The smallest absolute Gasteiger partial charge is 0.453 e. The minimum absolute atomic E-state index is 0.0311. The van der Waals surface area contributed by atoms with E-state index in [2.05, 4.69) is 0 Å². The fraction of sp³-hybridized carbons (Fsp3) is 0.333. The number of piperidine rings is 1. The Morgan fingerprint density at radius 2 is 1.63 bits per heavy atom. The number of aryl methyl sites for hydroxylation is 2. The van der Waals surface area contributed by atoms with E-state index in [9.17, 15) is 22.8 Å². The Kier molecular flexibility index (Phi) is 8.77. The summed E-state index contributed by atoms with van der Waals surface area (Å²) in [5.41, 5.74) is 0.919. The highest BCUT2D eigenvalue weighted by Gasteiger charge is 2.41. The average molecular weight is 597 g/mol. The quantitative estimate of drug-likeness (QED) is 0.187. The van der Waals surface area contributed by atoms with Crippen molar-refractivity contribution in [2.75, 3.05) is 19.7 Å². The number of hydrogen-bond acceptors (Lipinski definition) is 6. The first-order valence-corrected chi connectivity index (χ1v) is 14.3. The molecule has 1 fully saturated rings. The molecular weight excluding hydrogens is 563 g/mol. The Bertz CT molecular complexity index is 1690. The highest BCUT2D eigenvalue weighted by Crippen LogP contribution is 2.40. The molecule has 0 radical (unpaired) electrons. The number of quaternary nitrogens is 1. The summed E-state index contributed by atoms with van der Waals surface area (Å²) in [4.78, 5) is 27.8. The molecule has 226 valence electrons. The first-order valence-electron chi connectivity index (χ1n) is 14.3. The summed E-state index contributed by atoms with van der Waals surface area (Å²) in [6.07, 6.45) is -2.07. The number of halogens is 3. The van der Waals surface area contributed by atoms with Crippen LogP contribution in [0.4, 0.5) is 13.2 Å². The van der Waals surface area contributed by atoms with Gasteiger partial charge in [-0.25, -0.2) is 4.79 Å². The van der Waals surface area contributed by atoms with Crippen LogP contribution in [-0.2, 0) is 12.7 Å². The van der Waals surface area contributed by atoms with Crippen LogP contribution in [0.1, 0.15) is 59.0 Å². The van der Waals surface area contributed by atoms with Gasteiger partial charge in [-0.05, 0) is 99.7 Å². The van der Waals surface area contributed by atoms with Crippen LogP contribution in [0.15, 0.2) is 63.8 Å². The van der Waals surface area contributed by atoms with Crippen LogP contribution < -0.4 is 24.5 Å². The van der Waals surface area contributed by atoms with Gasteiger partial charge in [-0.2, -0.15) is 13.2 Å². The van der Waals surface area contributed by atoms with Crippen LogP contribution in [0.25, 0.3) is 11.0 Å². The minimum Gasteiger partial charge on any atom is -0.494 e. The zero-order valence-corrected chi connectivity index (χ0v) is 24.2. The van der Waals surface area contributed by atoms with Gasteiger partial charge in [0.1, 0.15) is 23.8 Å². The number of hydrogen-bond donors (Lipinski definition) is 1. The highest BCUT2D eigenvalue weighted by molar-refractivity contribution is 5.92. The molecule has 0 aliphatic carbocycles. The van der Waals surface area contributed by atoms with Gasteiger partial charge in [-0.15, -0.1) is 0 Å². The summed E-state index contributed by atoms with van der Waals surface area (Å²) >= 11 is 0. The lowest BCUT2D eigenvalue weighted by molar-refractivity contribution is -0.918. The lowest BCUT2D eigenvalue weighted by atomic mass is 10.1. The molecule has 1 aliphatic rings. The van der Waals surface area contributed by atoms with Crippen LogP contribution in [0.3, 0.4) is 0 Å². The number of rotatable bonds is 8. The molecule has 4 aromatic rings. The molecular formula is C33H33F3NO6+.